The first-order valence-electron chi connectivity index (χ1n) is 5.48. The summed E-state index contributed by atoms with van der Waals surface area (Å²) < 4.78 is 3.95. The zero-order valence-corrected chi connectivity index (χ0v) is 10.9. The van der Waals surface area contributed by atoms with E-state index in [0.717, 1.165) is 17.6 Å². The highest BCUT2D eigenvalue weighted by Gasteiger charge is 2.14. The lowest BCUT2D eigenvalue weighted by Crippen LogP contribution is -2.14. The van der Waals surface area contributed by atoms with Crippen LogP contribution >= 0.6 is 11.5 Å². The maximum atomic E-state index is 4.08. The number of anilines is 1. The molecule has 4 heteroatoms. The van der Waals surface area contributed by atoms with E-state index in [2.05, 4.69) is 42.4 Å². The molecule has 0 radical (unpaired) electrons. The number of aromatic nitrogens is 2. The molecule has 1 aromatic rings. The Morgan fingerprint density at radius 1 is 1.47 bits per heavy atom. The molecule has 15 heavy (non-hydrogen) atoms. The fraction of sp³-hybridized carbons (Fsp3) is 0.818. The van der Waals surface area contributed by atoms with Crippen molar-refractivity contribution in [2.75, 3.05) is 11.9 Å². The van der Waals surface area contributed by atoms with Crippen LogP contribution < -0.4 is 5.32 Å². The van der Waals surface area contributed by atoms with Crippen LogP contribution in [0.15, 0.2) is 6.33 Å². The van der Waals surface area contributed by atoms with Crippen LogP contribution in [0.5, 0.6) is 0 Å². The van der Waals surface area contributed by atoms with Crippen LogP contribution in [0.25, 0.3) is 0 Å². The van der Waals surface area contributed by atoms with Gasteiger partial charge in [0.15, 0.2) is 0 Å². The van der Waals surface area contributed by atoms with E-state index >= 15 is 0 Å². The van der Waals surface area contributed by atoms with Crippen LogP contribution in [0.1, 0.15) is 40.5 Å². The van der Waals surface area contributed by atoms with Crippen molar-refractivity contribution < 1.29 is 0 Å². The third kappa shape index (κ3) is 5.72. The van der Waals surface area contributed by atoms with Gasteiger partial charge in [-0.05, 0) is 24.2 Å². The number of hydrogen-bond acceptors (Lipinski definition) is 4. The molecule has 1 aromatic heterocycles. The van der Waals surface area contributed by atoms with Crippen molar-refractivity contribution in [3.63, 3.8) is 0 Å². The summed E-state index contributed by atoms with van der Waals surface area (Å²) in [5.74, 6) is 0.755. The summed E-state index contributed by atoms with van der Waals surface area (Å²) in [5.41, 5.74) is 0.433. The molecule has 3 nitrogen and oxygen atoms in total. The van der Waals surface area contributed by atoms with E-state index in [1.807, 2.05) is 0 Å². The molecule has 0 aliphatic carbocycles. The molecule has 0 spiro atoms. The first kappa shape index (κ1) is 12.4. The SMILES string of the molecule is CC(CCNc1ncns1)CC(C)(C)C. The Balaban J connectivity index is 2.15. The molecular weight excluding hydrogens is 206 g/mol. The molecule has 1 heterocycles. The maximum absolute atomic E-state index is 4.08. The molecule has 0 aromatic carbocycles. The van der Waals surface area contributed by atoms with Gasteiger partial charge in [-0.25, -0.2) is 4.98 Å². The summed E-state index contributed by atoms with van der Waals surface area (Å²) in [6.45, 7) is 10.2. The average Bonchev–Trinajstić information content (AvgIpc) is 2.53. The van der Waals surface area contributed by atoms with Gasteiger partial charge >= 0.3 is 0 Å². The lowest BCUT2D eigenvalue weighted by Gasteiger charge is -2.23. The van der Waals surface area contributed by atoms with E-state index in [4.69, 9.17) is 0 Å². The molecule has 86 valence electrons. The fourth-order valence-electron chi connectivity index (χ4n) is 1.82. The quantitative estimate of drug-likeness (QED) is 0.837. The van der Waals surface area contributed by atoms with Crippen molar-refractivity contribution in [1.29, 1.82) is 0 Å². The summed E-state index contributed by atoms with van der Waals surface area (Å²) in [7, 11) is 0. The van der Waals surface area contributed by atoms with Gasteiger partial charge in [0.1, 0.15) is 6.33 Å². The summed E-state index contributed by atoms with van der Waals surface area (Å²) in [4.78, 5) is 4.08. The Bertz CT molecular complexity index is 264. The largest absolute Gasteiger partial charge is 0.360 e. The van der Waals surface area contributed by atoms with Crippen molar-refractivity contribution >= 4 is 16.7 Å². The monoisotopic (exact) mass is 227 g/mol. The van der Waals surface area contributed by atoms with Gasteiger partial charge in [-0.2, -0.15) is 4.37 Å². The van der Waals surface area contributed by atoms with Crippen LogP contribution in [-0.2, 0) is 0 Å². The average molecular weight is 227 g/mol. The van der Waals surface area contributed by atoms with E-state index in [1.165, 1.54) is 24.4 Å². The number of nitrogens with one attached hydrogen (secondary N) is 1. The molecule has 1 unspecified atom stereocenters. The molecule has 0 saturated heterocycles. The Kier molecular flexibility index (Phi) is 4.51. The Hall–Kier alpha value is -0.640. The van der Waals surface area contributed by atoms with Gasteiger partial charge in [-0.15, -0.1) is 0 Å². The molecular formula is C11H21N3S. The fourth-order valence-corrected chi connectivity index (χ4v) is 2.28. The van der Waals surface area contributed by atoms with Gasteiger partial charge in [0.05, 0.1) is 0 Å². The second-order valence-electron chi connectivity index (χ2n) is 5.33. The first-order valence-corrected chi connectivity index (χ1v) is 6.25. The molecule has 1 atom stereocenters. The Morgan fingerprint density at radius 2 is 2.20 bits per heavy atom. The minimum absolute atomic E-state index is 0.433. The first-order chi connectivity index (χ1) is 6.97. The second-order valence-corrected chi connectivity index (χ2v) is 6.11. The highest BCUT2D eigenvalue weighted by molar-refractivity contribution is 7.09. The zero-order chi connectivity index (χ0) is 11.3. The second kappa shape index (κ2) is 5.45. The lowest BCUT2D eigenvalue weighted by atomic mass is 9.84. The Labute approximate surface area is 96.5 Å². The summed E-state index contributed by atoms with van der Waals surface area (Å²) in [6.07, 6.45) is 4.05. The van der Waals surface area contributed by atoms with Gasteiger partial charge < -0.3 is 5.32 Å². The van der Waals surface area contributed by atoms with Gasteiger partial charge in [-0.3, -0.25) is 0 Å². The van der Waals surface area contributed by atoms with Gasteiger partial charge in [0.2, 0.25) is 5.13 Å². The predicted molar refractivity (Wildman–Crippen MR) is 66.3 cm³/mol. The predicted octanol–water partition coefficient (Wildman–Crippen LogP) is 3.41. The minimum Gasteiger partial charge on any atom is -0.360 e. The van der Waals surface area contributed by atoms with E-state index in [1.54, 1.807) is 6.33 Å². The third-order valence-electron chi connectivity index (χ3n) is 2.24. The van der Waals surface area contributed by atoms with Crippen LogP contribution in [0.4, 0.5) is 5.13 Å². The number of rotatable bonds is 5. The van der Waals surface area contributed by atoms with Crippen LogP contribution in [0, 0.1) is 11.3 Å². The molecule has 0 aliphatic heterocycles. The van der Waals surface area contributed by atoms with E-state index in [-0.39, 0.29) is 0 Å². The molecule has 1 N–H and O–H groups in total. The molecule has 0 saturated carbocycles. The van der Waals surface area contributed by atoms with Crippen LogP contribution in [-0.4, -0.2) is 15.9 Å². The standard InChI is InChI=1S/C11H21N3S/c1-9(7-11(2,3)4)5-6-12-10-13-8-14-15-10/h8-9H,5-7H2,1-4H3,(H,12,13,14). The van der Waals surface area contributed by atoms with Crippen molar-refractivity contribution in [2.45, 2.75) is 40.5 Å². The molecule has 1 rings (SSSR count). The van der Waals surface area contributed by atoms with Gasteiger partial charge in [-0.1, -0.05) is 27.7 Å². The van der Waals surface area contributed by atoms with Crippen LogP contribution in [0.2, 0.25) is 0 Å². The van der Waals surface area contributed by atoms with Crippen molar-refractivity contribution in [2.24, 2.45) is 11.3 Å². The Morgan fingerprint density at radius 3 is 2.73 bits per heavy atom. The van der Waals surface area contributed by atoms with Crippen molar-refractivity contribution in [3.05, 3.63) is 6.33 Å². The van der Waals surface area contributed by atoms with Crippen molar-refractivity contribution in [3.8, 4) is 0 Å². The summed E-state index contributed by atoms with van der Waals surface area (Å²) >= 11 is 1.42. The van der Waals surface area contributed by atoms with Gasteiger partial charge in [0.25, 0.3) is 0 Å². The normalized spacial score (nSPS) is 13.9. The molecule has 0 aliphatic rings. The zero-order valence-electron chi connectivity index (χ0n) is 10.1. The minimum atomic E-state index is 0.433. The molecule has 0 bridgehead atoms. The van der Waals surface area contributed by atoms with E-state index in [9.17, 15) is 0 Å². The third-order valence-corrected chi connectivity index (χ3v) is 2.86. The molecule has 0 amide bonds. The number of hydrogen-bond donors (Lipinski definition) is 1. The highest BCUT2D eigenvalue weighted by Crippen LogP contribution is 2.25. The topological polar surface area (TPSA) is 37.8 Å². The smallest absolute Gasteiger partial charge is 0.202 e. The number of nitrogens with zero attached hydrogens (tertiary/aromatic N) is 2. The van der Waals surface area contributed by atoms with E-state index in [0.29, 0.717) is 5.41 Å². The van der Waals surface area contributed by atoms with E-state index < -0.39 is 0 Å². The maximum Gasteiger partial charge on any atom is 0.202 e. The highest BCUT2D eigenvalue weighted by atomic mass is 32.1. The summed E-state index contributed by atoms with van der Waals surface area (Å²) in [6, 6.07) is 0. The summed E-state index contributed by atoms with van der Waals surface area (Å²) in [5, 5.41) is 4.21. The van der Waals surface area contributed by atoms with Gasteiger partial charge in [0, 0.05) is 18.1 Å². The van der Waals surface area contributed by atoms with Crippen LogP contribution in [0.3, 0.4) is 0 Å². The molecule has 0 fully saturated rings. The lowest BCUT2D eigenvalue weighted by molar-refractivity contribution is 0.300. The van der Waals surface area contributed by atoms with Crippen molar-refractivity contribution in [1.82, 2.24) is 9.36 Å².